The van der Waals surface area contributed by atoms with Gasteiger partial charge in [-0.25, -0.2) is 9.67 Å². The van der Waals surface area contributed by atoms with E-state index in [-0.39, 0.29) is 11.0 Å². The molecule has 0 amide bonds. The van der Waals surface area contributed by atoms with Crippen LogP contribution in [0, 0.1) is 0 Å². The summed E-state index contributed by atoms with van der Waals surface area (Å²) in [7, 11) is 0. The normalized spacial score (nSPS) is 18.4. The first-order valence-electron chi connectivity index (χ1n) is 9.66. The zero-order chi connectivity index (χ0) is 19.0. The molecule has 1 aliphatic rings. The number of hydrogen-bond acceptors (Lipinski definition) is 4. The van der Waals surface area contributed by atoms with E-state index in [1.807, 2.05) is 24.3 Å². The summed E-state index contributed by atoms with van der Waals surface area (Å²) in [5.41, 5.74) is 2.92. The fraction of sp³-hybridized carbons (Fsp3) is 0.476. The number of nitrogens with zero attached hydrogens (tertiary/aromatic N) is 4. The Hall–Kier alpha value is -2.47. The molecule has 2 aromatic heterocycles. The van der Waals surface area contributed by atoms with Crippen LogP contribution >= 0.6 is 0 Å². The molecule has 0 saturated carbocycles. The van der Waals surface area contributed by atoms with Gasteiger partial charge in [-0.2, -0.15) is 5.10 Å². The summed E-state index contributed by atoms with van der Waals surface area (Å²) in [5, 5.41) is 4.64. The van der Waals surface area contributed by atoms with Crippen LogP contribution < -0.4 is 5.56 Å². The smallest absolute Gasteiger partial charge is 0.266 e. The molecular weight excluding hydrogens is 338 g/mol. The maximum Gasteiger partial charge on any atom is 0.266 e. The highest BCUT2D eigenvalue weighted by molar-refractivity contribution is 5.74. The Kier molecular flexibility index (Phi) is 4.60. The van der Waals surface area contributed by atoms with Gasteiger partial charge in [0.25, 0.3) is 5.56 Å². The number of hydrogen-bond donors (Lipinski definition) is 1. The van der Waals surface area contributed by atoms with E-state index < -0.39 is 0 Å². The third-order valence-corrected chi connectivity index (χ3v) is 5.31. The molecule has 1 unspecified atom stereocenters. The average Bonchev–Trinajstić information content (AvgIpc) is 3.22. The van der Waals surface area contributed by atoms with Gasteiger partial charge >= 0.3 is 0 Å². The van der Waals surface area contributed by atoms with Crippen molar-refractivity contribution in [3.8, 4) is 0 Å². The summed E-state index contributed by atoms with van der Waals surface area (Å²) in [5.74, 6) is 0.979. The molecule has 27 heavy (non-hydrogen) atoms. The van der Waals surface area contributed by atoms with Crippen LogP contribution in [-0.4, -0.2) is 37.2 Å². The lowest BCUT2D eigenvalue weighted by Crippen LogP contribution is -2.37. The number of rotatable bonds is 4. The van der Waals surface area contributed by atoms with Crippen molar-refractivity contribution >= 4 is 11.0 Å². The molecule has 3 heterocycles. The van der Waals surface area contributed by atoms with Crippen molar-refractivity contribution in [2.75, 3.05) is 6.54 Å². The molecule has 1 saturated heterocycles. The molecule has 4 rings (SSSR count). The monoisotopic (exact) mass is 365 g/mol. The third kappa shape index (κ3) is 3.81. The van der Waals surface area contributed by atoms with Crippen molar-refractivity contribution in [1.29, 1.82) is 0 Å². The zero-order valence-corrected chi connectivity index (χ0v) is 16.3. The maximum atomic E-state index is 12.3. The van der Waals surface area contributed by atoms with Crippen LogP contribution in [0.15, 0.2) is 41.2 Å². The Morgan fingerprint density at radius 3 is 2.78 bits per heavy atom. The highest BCUT2D eigenvalue weighted by Gasteiger charge is 2.27. The Labute approximate surface area is 159 Å². The van der Waals surface area contributed by atoms with Crippen LogP contribution in [-0.2, 0) is 18.5 Å². The predicted octanol–water partition coefficient (Wildman–Crippen LogP) is 3.08. The Balaban J connectivity index is 1.53. The van der Waals surface area contributed by atoms with Gasteiger partial charge in [-0.05, 0) is 37.6 Å². The summed E-state index contributed by atoms with van der Waals surface area (Å²) in [6, 6.07) is 11.9. The standard InChI is InChI=1S/C21H27N5O/c1-21(2,3)18-10-11-20(27)26(24-18)13-15-7-6-12-25(15)14-19-22-16-8-4-5-9-17(16)23-19/h4-5,8-11,15H,6-7,12-14H2,1-3H3,(H,22,23). The second-order valence-corrected chi connectivity index (χ2v) is 8.46. The summed E-state index contributed by atoms with van der Waals surface area (Å²) in [6.07, 6.45) is 2.21. The molecule has 142 valence electrons. The predicted molar refractivity (Wildman–Crippen MR) is 107 cm³/mol. The second-order valence-electron chi connectivity index (χ2n) is 8.46. The van der Waals surface area contributed by atoms with Crippen molar-refractivity contribution < 1.29 is 0 Å². The van der Waals surface area contributed by atoms with Gasteiger partial charge in [-0.15, -0.1) is 0 Å². The number of imidazole rings is 1. The van der Waals surface area contributed by atoms with Crippen molar-refractivity contribution in [1.82, 2.24) is 24.6 Å². The first-order chi connectivity index (χ1) is 12.9. The number of aromatic nitrogens is 4. The van der Waals surface area contributed by atoms with E-state index >= 15 is 0 Å². The van der Waals surface area contributed by atoms with E-state index in [4.69, 9.17) is 4.98 Å². The molecular formula is C21H27N5O. The van der Waals surface area contributed by atoms with E-state index in [9.17, 15) is 4.79 Å². The van der Waals surface area contributed by atoms with Gasteiger partial charge in [0.2, 0.25) is 0 Å². The lowest BCUT2D eigenvalue weighted by atomic mass is 9.92. The maximum absolute atomic E-state index is 12.3. The first-order valence-corrected chi connectivity index (χ1v) is 9.66. The highest BCUT2D eigenvalue weighted by Crippen LogP contribution is 2.22. The number of fused-ring (bicyclic) bond motifs is 1. The third-order valence-electron chi connectivity index (χ3n) is 5.31. The molecule has 1 atom stereocenters. The number of para-hydroxylation sites is 2. The molecule has 1 aromatic carbocycles. The quantitative estimate of drug-likeness (QED) is 0.772. The minimum Gasteiger partial charge on any atom is -0.341 e. The topological polar surface area (TPSA) is 66.8 Å². The van der Waals surface area contributed by atoms with Crippen LogP contribution in [0.1, 0.15) is 45.1 Å². The van der Waals surface area contributed by atoms with Gasteiger partial charge < -0.3 is 4.98 Å². The van der Waals surface area contributed by atoms with Gasteiger partial charge in [0, 0.05) is 17.5 Å². The van der Waals surface area contributed by atoms with E-state index in [0.717, 1.165) is 48.5 Å². The Bertz CT molecular complexity index is 964. The van der Waals surface area contributed by atoms with E-state index in [2.05, 4.69) is 41.8 Å². The van der Waals surface area contributed by atoms with Gasteiger partial charge in [0.15, 0.2) is 0 Å². The summed E-state index contributed by atoms with van der Waals surface area (Å²) < 4.78 is 1.64. The largest absolute Gasteiger partial charge is 0.341 e. The van der Waals surface area contributed by atoms with Crippen LogP contribution in [0.4, 0.5) is 0 Å². The molecule has 0 aliphatic carbocycles. The Morgan fingerprint density at radius 1 is 1.19 bits per heavy atom. The number of likely N-dealkylation sites (tertiary alicyclic amines) is 1. The van der Waals surface area contributed by atoms with Gasteiger partial charge in [-0.1, -0.05) is 32.9 Å². The molecule has 3 aromatic rings. The van der Waals surface area contributed by atoms with Gasteiger partial charge in [0.05, 0.1) is 29.8 Å². The first kappa shape index (κ1) is 17.9. The molecule has 6 nitrogen and oxygen atoms in total. The number of benzene rings is 1. The van der Waals surface area contributed by atoms with Crippen molar-refractivity contribution in [3.05, 3.63) is 58.3 Å². The number of H-pyrrole nitrogens is 1. The molecule has 0 spiro atoms. The van der Waals surface area contributed by atoms with Gasteiger partial charge in [-0.3, -0.25) is 9.69 Å². The van der Waals surface area contributed by atoms with Crippen molar-refractivity contribution in [2.24, 2.45) is 0 Å². The minimum absolute atomic E-state index is 0.0291. The van der Waals surface area contributed by atoms with Crippen LogP contribution in [0.3, 0.4) is 0 Å². The number of aromatic amines is 1. The SMILES string of the molecule is CC(C)(C)c1ccc(=O)n(CC2CCCN2Cc2nc3ccccc3[nH]2)n1. The molecule has 1 N–H and O–H groups in total. The molecule has 6 heteroatoms. The summed E-state index contributed by atoms with van der Waals surface area (Å²) in [4.78, 5) is 22.9. The van der Waals surface area contributed by atoms with E-state index in [1.54, 1.807) is 10.7 Å². The lowest BCUT2D eigenvalue weighted by molar-refractivity contribution is 0.211. The second kappa shape index (κ2) is 6.93. The fourth-order valence-corrected chi connectivity index (χ4v) is 3.76. The number of nitrogens with one attached hydrogen (secondary N) is 1. The van der Waals surface area contributed by atoms with Crippen LogP contribution in [0.2, 0.25) is 0 Å². The molecule has 0 radical (unpaired) electrons. The molecule has 1 aliphatic heterocycles. The Morgan fingerprint density at radius 2 is 2.00 bits per heavy atom. The molecule has 0 bridgehead atoms. The van der Waals surface area contributed by atoms with Crippen molar-refractivity contribution in [3.63, 3.8) is 0 Å². The minimum atomic E-state index is -0.0703. The summed E-state index contributed by atoms with van der Waals surface area (Å²) in [6.45, 7) is 8.78. The van der Waals surface area contributed by atoms with Gasteiger partial charge in [0.1, 0.15) is 5.82 Å². The van der Waals surface area contributed by atoms with E-state index in [0.29, 0.717) is 12.6 Å². The lowest BCUT2D eigenvalue weighted by Gasteiger charge is -2.25. The summed E-state index contributed by atoms with van der Waals surface area (Å²) >= 11 is 0. The fourth-order valence-electron chi connectivity index (χ4n) is 3.76. The van der Waals surface area contributed by atoms with Crippen LogP contribution in [0.25, 0.3) is 11.0 Å². The van der Waals surface area contributed by atoms with E-state index in [1.165, 1.54) is 0 Å². The van der Waals surface area contributed by atoms with Crippen LogP contribution in [0.5, 0.6) is 0 Å². The van der Waals surface area contributed by atoms with Crippen molar-refractivity contribution in [2.45, 2.75) is 58.2 Å². The highest BCUT2D eigenvalue weighted by atomic mass is 16.1. The molecule has 1 fully saturated rings. The average molecular weight is 365 g/mol. The zero-order valence-electron chi connectivity index (χ0n) is 16.3.